The molecule has 1 aliphatic heterocycles. The molecule has 2 heterocycles. The predicted octanol–water partition coefficient (Wildman–Crippen LogP) is -0.166. The molecule has 3 amide bonds. The second-order valence-corrected chi connectivity index (χ2v) is 3.83. The van der Waals surface area contributed by atoms with Crippen LogP contribution in [-0.4, -0.2) is 40.7 Å². The van der Waals surface area contributed by atoms with Gasteiger partial charge in [-0.1, -0.05) is 11.6 Å². The quantitative estimate of drug-likeness (QED) is 0.557. The van der Waals surface area contributed by atoms with Crippen molar-refractivity contribution in [1.29, 1.82) is 0 Å². The molecule has 1 fully saturated rings. The second kappa shape index (κ2) is 4.50. The van der Waals surface area contributed by atoms with Crippen LogP contribution in [0.15, 0.2) is 18.3 Å². The van der Waals surface area contributed by atoms with Crippen LogP contribution in [0.3, 0.4) is 0 Å². The number of carbonyl (C=O) groups excluding carboxylic acids is 3. The molecule has 1 N–H and O–H groups in total. The number of rotatable bonds is 1. The SMILES string of the molecule is O=C1CN(C(=O)c2cccnc2Cl)CC(=O)N1. The van der Waals surface area contributed by atoms with Gasteiger partial charge >= 0.3 is 0 Å². The highest BCUT2D eigenvalue weighted by molar-refractivity contribution is 6.32. The lowest BCUT2D eigenvalue weighted by Crippen LogP contribution is -2.53. The number of hydrogen-bond donors (Lipinski definition) is 1. The van der Waals surface area contributed by atoms with Crippen LogP contribution in [0.2, 0.25) is 5.15 Å². The van der Waals surface area contributed by atoms with Crippen LogP contribution in [0.4, 0.5) is 0 Å². The first-order valence-electron chi connectivity index (χ1n) is 4.80. The van der Waals surface area contributed by atoms with Crippen molar-refractivity contribution in [2.75, 3.05) is 13.1 Å². The van der Waals surface area contributed by atoms with E-state index < -0.39 is 17.7 Å². The summed E-state index contributed by atoms with van der Waals surface area (Å²) >= 11 is 5.77. The number of amides is 3. The van der Waals surface area contributed by atoms with E-state index in [0.717, 1.165) is 4.90 Å². The molecular formula is C10H8ClN3O3. The molecule has 88 valence electrons. The summed E-state index contributed by atoms with van der Waals surface area (Å²) in [6.07, 6.45) is 1.45. The van der Waals surface area contributed by atoms with Gasteiger partial charge in [0.1, 0.15) is 18.2 Å². The van der Waals surface area contributed by atoms with Gasteiger partial charge in [0.2, 0.25) is 11.8 Å². The summed E-state index contributed by atoms with van der Waals surface area (Å²) in [5, 5.41) is 2.16. The molecule has 6 nitrogen and oxygen atoms in total. The summed E-state index contributed by atoms with van der Waals surface area (Å²) in [6.45, 7) is -0.314. The highest BCUT2D eigenvalue weighted by Gasteiger charge is 2.28. The maximum Gasteiger partial charge on any atom is 0.257 e. The van der Waals surface area contributed by atoms with E-state index in [0.29, 0.717) is 0 Å². The maximum atomic E-state index is 12.0. The third-order valence-corrected chi connectivity index (χ3v) is 2.53. The molecule has 7 heteroatoms. The van der Waals surface area contributed by atoms with Gasteiger partial charge in [-0.05, 0) is 12.1 Å². The van der Waals surface area contributed by atoms with Crippen LogP contribution in [0, 0.1) is 0 Å². The molecule has 0 bridgehead atoms. The number of piperazine rings is 1. The van der Waals surface area contributed by atoms with Crippen molar-refractivity contribution in [2.24, 2.45) is 0 Å². The normalized spacial score (nSPS) is 15.7. The zero-order valence-electron chi connectivity index (χ0n) is 8.64. The average Bonchev–Trinajstić information content (AvgIpc) is 2.27. The van der Waals surface area contributed by atoms with Crippen LogP contribution in [-0.2, 0) is 9.59 Å². The minimum absolute atomic E-state index is 0.0518. The molecule has 0 unspecified atom stereocenters. The average molecular weight is 254 g/mol. The van der Waals surface area contributed by atoms with Crippen LogP contribution in [0.5, 0.6) is 0 Å². The van der Waals surface area contributed by atoms with Crippen LogP contribution in [0.25, 0.3) is 0 Å². The fraction of sp³-hybridized carbons (Fsp3) is 0.200. The monoisotopic (exact) mass is 253 g/mol. The van der Waals surface area contributed by atoms with E-state index in [1.54, 1.807) is 6.07 Å². The fourth-order valence-corrected chi connectivity index (χ4v) is 1.70. The first kappa shape index (κ1) is 11.5. The highest BCUT2D eigenvalue weighted by atomic mass is 35.5. The lowest BCUT2D eigenvalue weighted by atomic mass is 10.2. The largest absolute Gasteiger partial charge is 0.320 e. The van der Waals surface area contributed by atoms with Crippen LogP contribution in [0.1, 0.15) is 10.4 Å². The lowest BCUT2D eigenvalue weighted by molar-refractivity contribution is -0.135. The number of aromatic nitrogens is 1. The van der Waals surface area contributed by atoms with Gasteiger partial charge in [-0.25, -0.2) is 4.98 Å². The summed E-state index contributed by atoms with van der Waals surface area (Å²) in [6, 6.07) is 3.06. The predicted molar refractivity (Wildman–Crippen MR) is 58.3 cm³/mol. The van der Waals surface area contributed by atoms with Crippen molar-refractivity contribution in [3.05, 3.63) is 29.0 Å². The van der Waals surface area contributed by atoms with Crippen molar-refractivity contribution in [1.82, 2.24) is 15.2 Å². The van der Waals surface area contributed by atoms with Gasteiger partial charge in [0.15, 0.2) is 0 Å². The Bertz CT molecular complexity index is 487. The zero-order valence-corrected chi connectivity index (χ0v) is 9.40. The Labute approximate surface area is 102 Å². The molecule has 0 aromatic carbocycles. The Morgan fingerprint density at radius 1 is 1.35 bits per heavy atom. The van der Waals surface area contributed by atoms with E-state index in [2.05, 4.69) is 10.3 Å². The molecule has 17 heavy (non-hydrogen) atoms. The molecule has 1 aromatic rings. The number of pyridine rings is 1. The summed E-state index contributed by atoms with van der Waals surface area (Å²) in [4.78, 5) is 39.1. The zero-order chi connectivity index (χ0) is 12.4. The van der Waals surface area contributed by atoms with Crippen molar-refractivity contribution in [3.63, 3.8) is 0 Å². The Balaban J connectivity index is 2.23. The Hall–Kier alpha value is -1.95. The lowest BCUT2D eigenvalue weighted by Gasteiger charge is -2.25. The molecule has 1 aliphatic rings. The van der Waals surface area contributed by atoms with E-state index in [1.165, 1.54) is 12.3 Å². The second-order valence-electron chi connectivity index (χ2n) is 3.47. The summed E-state index contributed by atoms with van der Waals surface area (Å²) in [5.74, 6) is -1.49. The number of imide groups is 1. The van der Waals surface area contributed by atoms with Gasteiger partial charge in [-0.2, -0.15) is 0 Å². The molecule has 0 radical (unpaired) electrons. The van der Waals surface area contributed by atoms with E-state index in [-0.39, 0.29) is 23.8 Å². The third-order valence-electron chi connectivity index (χ3n) is 2.22. The highest BCUT2D eigenvalue weighted by Crippen LogP contribution is 2.14. The number of halogens is 1. The number of nitrogens with zero attached hydrogens (tertiary/aromatic N) is 2. The Kier molecular flexibility index (Phi) is 3.06. The Morgan fingerprint density at radius 3 is 2.59 bits per heavy atom. The molecule has 0 atom stereocenters. The molecule has 0 aliphatic carbocycles. The van der Waals surface area contributed by atoms with Gasteiger partial charge in [-0.15, -0.1) is 0 Å². The summed E-state index contributed by atoms with van der Waals surface area (Å²) < 4.78 is 0. The van der Waals surface area contributed by atoms with E-state index in [4.69, 9.17) is 11.6 Å². The van der Waals surface area contributed by atoms with Crippen molar-refractivity contribution in [3.8, 4) is 0 Å². The van der Waals surface area contributed by atoms with Crippen molar-refractivity contribution < 1.29 is 14.4 Å². The molecule has 2 rings (SSSR count). The number of nitrogens with one attached hydrogen (secondary N) is 1. The first-order chi connectivity index (χ1) is 8.08. The third kappa shape index (κ3) is 2.42. The first-order valence-corrected chi connectivity index (χ1v) is 5.18. The van der Waals surface area contributed by atoms with E-state index in [1.807, 2.05) is 0 Å². The molecule has 1 aromatic heterocycles. The van der Waals surface area contributed by atoms with Gasteiger partial charge in [0.05, 0.1) is 5.56 Å². The van der Waals surface area contributed by atoms with Gasteiger partial charge < -0.3 is 4.90 Å². The topological polar surface area (TPSA) is 79.4 Å². The van der Waals surface area contributed by atoms with Gasteiger partial charge in [0, 0.05) is 6.20 Å². The molecular weight excluding hydrogens is 246 g/mol. The summed E-state index contributed by atoms with van der Waals surface area (Å²) in [7, 11) is 0. The summed E-state index contributed by atoms with van der Waals surface area (Å²) in [5.41, 5.74) is 0.177. The number of carbonyl (C=O) groups is 3. The minimum Gasteiger partial charge on any atom is -0.320 e. The van der Waals surface area contributed by atoms with Gasteiger partial charge in [-0.3, -0.25) is 19.7 Å². The standard InChI is InChI=1S/C10H8ClN3O3/c11-9-6(2-1-3-12-9)10(17)14-4-7(15)13-8(16)5-14/h1-3H,4-5H2,(H,13,15,16). The van der Waals surface area contributed by atoms with E-state index in [9.17, 15) is 14.4 Å². The van der Waals surface area contributed by atoms with Crippen molar-refractivity contribution >= 4 is 29.3 Å². The van der Waals surface area contributed by atoms with Crippen LogP contribution < -0.4 is 5.32 Å². The number of hydrogen-bond acceptors (Lipinski definition) is 4. The maximum absolute atomic E-state index is 12.0. The molecule has 1 saturated heterocycles. The van der Waals surface area contributed by atoms with Crippen molar-refractivity contribution in [2.45, 2.75) is 0 Å². The Morgan fingerprint density at radius 2 is 2.00 bits per heavy atom. The molecule has 0 spiro atoms. The molecule has 0 saturated carbocycles. The smallest absolute Gasteiger partial charge is 0.257 e. The van der Waals surface area contributed by atoms with Gasteiger partial charge in [0.25, 0.3) is 5.91 Å². The fourth-order valence-electron chi connectivity index (χ4n) is 1.50. The van der Waals surface area contributed by atoms with Crippen LogP contribution >= 0.6 is 11.6 Å². The van der Waals surface area contributed by atoms with E-state index >= 15 is 0 Å². The minimum atomic E-state index is -0.505.